The van der Waals surface area contributed by atoms with Gasteiger partial charge >= 0.3 is 6.09 Å². The average molecular weight is 446 g/mol. The van der Waals surface area contributed by atoms with Crippen LogP contribution < -0.4 is 10.2 Å². The van der Waals surface area contributed by atoms with Crippen LogP contribution in [0.15, 0.2) is 6.20 Å². The van der Waals surface area contributed by atoms with Gasteiger partial charge in [-0.25, -0.2) is 14.8 Å². The molecular formula is C24H39N5O3. The third-order valence-corrected chi connectivity index (χ3v) is 4.40. The molecule has 2 rings (SSSR count). The molecule has 0 aromatic carbocycles. The fraction of sp³-hybridized carbons (Fsp3) is 0.667. The first-order valence-electron chi connectivity index (χ1n) is 11.4. The van der Waals surface area contributed by atoms with Gasteiger partial charge in [0.25, 0.3) is 0 Å². The lowest BCUT2D eigenvalue weighted by Gasteiger charge is -2.24. The van der Waals surface area contributed by atoms with Crippen LogP contribution in [0.5, 0.6) is 0 Å². The molecule has 1 N–H and O–H groups in total. The molecule has 0 aliphatic carbocycles. The van der Waals surface area contributed by atoms with Crippen molar-refractivity contribution in [1.82, 2.24) is 20.2 Å². The number of ether oxygens (including phenoxy) is 1. The summed E-state index contributed by atoms with van der Waals surface area (Å²) in [4.78, 5) is 36.2. The van der Waals surface area contributed by atoms with Gasteiger partial charge in [0.05, 0.1) is 5.56 Å². The molecule has 8 heteroatoms. The van der Waals surface area contributed by atoms with E-state index in [9.17, 15) is 9.59 Å². The molecule has 178 valence electrons. The third-order valence-electron chi connectivity index (χ3n) is 4.40. The Kier molecular flexibility index (Phi) is 11.5. The van der Waals surface area contributed by atoms with Crippen molar-refractivity contribution >= 4 is 17.8 Å². The number of hydrogen-bond donors (Lipinski definition) is 1. The predicted octanol–water partition coefficient (Wildman–Crippen LogP) is 3.53. The summed E-state index contributed by atoms with van der Waals surface area (Å²) >= 11 is 0. The van der Waals surface area contributed by atoms with Crippen LogP contribution in [0, 0.1) is 18.8 Å². The zero-order valence-corrected chi connectivity index (χ0v) is 20.7. The van der Waals surface area contributed by atoms with Crippen LogP contribution in [0.4, 0.5) is 10.6 Å². The number of aryl methyl sites for hydroxylation is 1. The highest BCUT2D eigenvalue weighted by atomic mass is 16.6. The van der Waals surface area contributed by atoms with E-state index in [0.717, 1.165) is 36.7 Å². The standard InChI is InChI=1S/C22H33N5O3.C2H6/c1-17-24-15-18(20(25-17)27-13-9-10-14-27)11-7-6-8-12-23-19(28)16-26(5)21(29)30-22(2,3)4;1-2/h15H,6,8-10,12-14,16H2,1-5H3,(H,23,28);1-2H3. The molecule has 1 aliphatic heterocycles. The first-order valence-corrected chi connectivity index (χ1v) is 11.4. The van der Waals surface area contributed by atoms with Crippen molar-refractivity contribution in [3.05, 3.63) is 17.6 Å². The zero-order valence-electron chi connectivity index (χ0n) is 20.7. The number of anilines is 1. The summed E-state index contributed by atoms with van der Waals surface area (Å²) in [5.41, 5.74) is 0.267. The second-order valence-corrected chi connectivity index (χ2v) is 8.44. The fourth-order valence-electron chi connectivity index (χ4n) is 2.95. The van der Waals surface area contributed by atoms with Crippen molar-refractivity contribution in [2.24, 2.45) is 0 Å². The Morgan fingerprint density at radius 3 is 2.53 bits per heavy atom. The van der Waals surface area contributed by atoms with Gasteiger partial charge in [0.2, 0.25) is 5.91 Å². The van der Waals surface area contributed by atoms with Gasteiger partial charge < -0.3 is 19.9 Å². The Labute approximate surface area is 193 Å². The summed E-state index contributed by atoms with van der Waals surface area (Å²) in [7, 11) is 1.54. The minimum Gasteiger partial charge on any atom is -0.444 e. The number of amides is 2. The normalized spacial score (nSPS) is 12.8. The molecule has 0 spiro atoms. The van der Waals surface area contributed by atoms with Crippen molar-refractivity contribution < 1.29 is 14.3 Å². The molecule has 2 heterocycles. The monoisotopic (exact) mass is 445 g/mol. The average Bonchev–Trinajstić information content (AvgIpc) is 3.26. The number of likely N-dealkylation sites (N-methyl/N-ethyl adjacent to an activating group) is 1. The van der Waals surface area contributed by atoms with E-state index in [-0.39, 0.29) is 12.5 Å². The lowest BCUT2D eigenvalue weighted by molar-refractivity contribution is -0.122. The lowest BCUT2D eigenvalue weighted by Crippen LogP contribution is -2.41. The molecular weight excluding hydrogens is 406 g/mol. The second-order valence-electron chi connectivity index (χ2n) is 8.44. The molecule has 0 bridgehead atoms. The SMILES string of the molecule is CC.Cc1ncc(C#CCCCNC(=O)CN(C)C(=O)OC(C)(C)C)c(N2CCCC2)n1. The van der Waals surface area contributed by atoms with Gasteiger partial charge in [0.1, 0.15) is 23.8 Å². The summed E-state index contributed by atoms with van der Waals surface area (Å²) in [6, 6.07) is 0. The lowest BCUT2D eigenvalue weighted by atomic mass is 10.2. The Morgan fingerprint density at radius 2 is 1.91 bits per heavy atom. The maximum Gasteiger partial charge on any atom is 0.410 e. The van der Waals surface area contributed by atoms with Crippen LogP contribution in [-0.2, 0) is 9.53 Å². The van der Waals surface area contributed by atoms with Crippen LogP contribution >= 0.6 is 0 Å². The van der Waals surface area contributed by atoms with Gasteiger partial charge in [-0.05, 0) is 47.0 Å². The van der Waals surface area contributed by atoms with E-state index in [1.807, 2.05) is 20.8 Å². The molecule has 1 aromatic rings. The van der Waals surface area contributed by atoms with Gasteiger partial charge in [-0.2, -0.15) is 0 Å². The Hall–Kier alpha value is -2.82. The first-order chi connectivity index (χ1) is 15.2. The molecule has 0 saturated carbocycles. The summed E-state index contributed by atoms with van der Waals surface area (Å²) in [6.45, 7) is 13.7. The molecule has 2 amide bonds. The van der Waals surface area contributed by atoms with Crippen LogP contribution in [-0.4, -0.2) is 65.7 Å². The number of carbonyl (C=O) groups is 2. The highest BCUT2D eigenvalue weighted by Gasteiger charge is 2.21. The van der Waals surface area contributed by atoms with Gasteiger partial charge in [0.15, 0.2) is 0 Å². The number of rotatable bonds is 6. The number of nitrogens with zero attached hydrogens (tertiary/aromatic N) is 4. The van der Waals surface area contributed by atoms with Crippen molar-refractivity contribution in [2.75, 3.05) is 38.1 Å². The molecule has 1 aliphatic rings. The van der Waals surface area contributed by atoms with Gasteiger partial charge in [-0.1, -0.05) is 25.7 Å². The van der Waals surface area contributed by atoms with E-state index < -0.39 is 11.7 Å². The number of nitrogens with one attached hydrogen (secondary N) is 1. The molecule has 0 atom stereocenters. The van der Waals surface area contributed by atoms with E-state index in [1.54, 1.807) is 34.0 Å². The maximum absolute atomic E-state index is 12.0. The molecule has 1 aromatic heterocycles. The summed E-state index contributed by atoms with van der Waals surface area (Å²) in [5.74, 6) is 7.78. The van der Waals surface area contributed by atoms with E-state index in [2.05, 4.69) is 32.0 Å². The van der Waals surface area contributed by atoms with Gasteiger partial charge in [-0.15, -0.1) is 0 Å². The second kappa shape index (κ2) is 13.6. The Balaban J connectivity index is 0.00000249. The Bertz CT molecular complexity index is 802. The van der Waals surface area contributed by atoms with Gasteiger partial charge in [0, 0.05) is 39.3 Å². The molecule has 32 heavy (non-hydrogen) atoms. The zero-order chi connectivity index (χ0) is 24.1. The topological polar surface area (TPSA) is 87.7 Å². The van der Waals surface area contributed by atoms with Gasteiger partial charge in [-0.3, -0.25) is 4.79 Å². The van der Waals surface area contributed by atoms with Crippen LogP contribution in [0.3, 0.4) is 0 Å². The quantitative estimate of drug-likeness (QED) is 0.532. The van der Waals surface area contributed by atoms with E-state index in [0.29, 0.717) is 13.0 Å². The molecule has 0 unspecified atom stereocenters. The number of carbonyl (C=O) groups excluding carboxylic acids is 2. The smallest absolute Gasteiger partial charge is 0.410 e. The first kappa shape index (κ1) is 27.2. The Morgan fingerprint density at radius 1 is 1.25 bits per heavy atom. The van der Waals surface area contributed by atoms with Crippen molar-refractivity contribution in [3.63, 3.8) is 0 Å². The van der Waals surface area contributed by atoms with Crippen molar-refractivity contribution in [1.29, 1.82) is 0 Å². The van der Waals surface area contributed by atoms with Crippen molar-refractivity contribution in [2.45, 2.75) is 72.8 Å². The molecule has 8 nitrogen and oxygen atoms in total. The summed E-state index contributed by atoms with van der Waals surface area (Å²) in [6.07, 6.45) is 5.00. The van der Waals surface area contributed by atoms with E-state index in [1.165, 1.54) is 17.7 Å². The molecule has 1 saturated heterocycles. The molecule has 1 fully saturated rings. The minimum absolute atomic E-state index is 0.0412. The van der Waals surface area contributed by atoms with Crippen molar-refractivity contribution in [3.8, 4) is 11.8 Å². The minimum atomic E-state index is -0.586. The van der Waals surface area contributed by atoms with Crippen LogP contribution in [0.1, 0.15) is 71.7 Å². The third kappa shape index (κ3) is 9.99. The van der Waals surface area contributed by atoms with Crippen LogP contribution in [0.2, 0.25) is 0 Å². The highest BCUT2D eigenvalue weighted by molar-refractivity contribution is 5.82. The highest BCUT2D eigenvalue weighted by Crippen LogP contribution is 2.21. The maximum atomic E-state index is 12.0. The van der Waals surface area contributed by atoms with Crippen LogP contribution in [0.25, 0.3) is 0 Å². The number of unbranched alkanes of at least 4 members (excludes halogenated alkanes) is 1. The molecule has 0 radical (unpaired) electrons. The predicted molar refractivity (Wildman–Crippen MR) is 128 cm³/mol. The largest absolute Gasteiger partial charge is 0.444 e. The fourth-order valence-corrected chi connectivity index (χ4v) is 2.95. The number of hydrogen-bond acceptors (Lipinski definition) is 6. The van der Waals surface area contributed by atoms with E-state index in [4.69, 9.17) is 4.74 Å². The number of aromatic nitrogens is 2. The van der Waals surface area contributed by atoms with E-state index >= 15 is 0 Å². The summed E-state index contributed by atoms with van der Waals surface area (Å²) in [5, 5.41) is 2.80. The summed E-state index contributed by atoms with van der Waals surface area (Å²) < 4.78 is 5.23.